The molecule has 0 saturated carbocycles. The Bertz CT molecular complexity index is 633. The molecule has 0 unspecified atom stereocenters. The molecule has 0 aliphatic heterocycles. The van der Waals surface area contributed by atoms with E-state index in [4.69, 9.17) is 10.5 Å². The molecule has 116 valence electrons. The first kappa shape index (κ1) is 17.6. The number of nitrogens with one attached hydrogen (secondary N) is 1. The Morgan fingerprint density at radius 3 is 2.76 bits per heavy atom. The van der Waals surface area contributed by atoms with E-state index >= 15 is 0 Å². The van der Waals surface area contributed by atoms with Crippen LogP contribution in [-0.4, -0.2) is 34.2 Å². The quantitative estimate of drug-likeness (QED) is 0.602. The number of rotatable bonds is 6. The third-order valence-corrected chi connectivity index (χ3v) is 3.92. The van der Waals surface area contributed by atoms with Crippen LogP contribution in [0.25, 0.3) is 0 Å². The zero-order valence-corrected chi connectivity index (χ0v) is 12.8. The summed E-state index contributed by atoms with van der Waals surface area (Å²) in [6.45, 7) is 4.15. The van der Waals surface area contributed by atoms with Crippen LogP contribution in [0.2, 0.25) is 0 Å². The highest BCUT2D eigenvalue weighted by Crippen LogP contribution is 2.16. The Labute approximate surface area is 124 Å². The SMILES string of the molecule is CC(C)OCCNS(=O)(=O)c1ccc(F)cc1C#CCN. The molecule has 0 aromatic heterocycles. The van der Waals surface area contributed by atoms with Gasteiger partial charge in [-0.1, -0.05) is 11.8 Å². The van der Waals surface area contributed by atoms with Gasteiger partial charge in [-0.15, -0.1) is 0 Å². The lowest BCUT2D eigenvalue weighted by Gasteiger charge is -2.10. The number of ether oxygens (including phenoxy) is 1. The Balaban J connectivity index is 2.92. The van der Waals surface area contributed by atoms with E-state index in [1.54, 1.807) is 0 Å². The lowest BCUT2D eigenvalue weighted by atomic mass is 10.2. The van der Waals surface area contributed by atoms with Crippen LogP contribution in [-0.2, 0) is 14.8 Å². The van der Waals surface area contributed by atoms with Gasteiger partial charge in [0.1, 0.15) is 5.82 Å². The van der Waals surface area contributed by atoms with Gasteiger partial charge in [-0.3, -0.25) is 0 Å². The molecule has 3 N–H and O–H groups in total. The first-order valence-electron chi connectivity index (χ1n) is 6.46. The maximum atomic E-state index is 13.2. The number of hydrogen-bond donors (Lipinski definition) is 2. The van der Waals surface area contributed by atoms with E-state index in [1.165, 1.54) is 6.07 Å². The van der Waals surface area contributed by atoms with Crippen molar-refractivity contribution in [3.63, 3.8) is 0 Å². The molecule has 0 aliphatic rings. The van der Waals surface area contributed by atoms with E-state index in [0.29, 0.717) is 0 Å². The molecule has 1 aromatic rings. The van der Waals surface area contributed by atoms with Gasteiger partial charge in [0, 0.05) is 12.1 Å². The predicted molar refractivity (Wildman–Crippen MR) is 78.6 cm³/mol. The van der Waals surface area contributed by atoms with Crippen LogP contribution >= 0.6 is 0 Å². The van der Waals surface area contributed by atoms with Gasteiger partial charge in [0.25, 0.3) is 0 Å². The molecule has 0 bridgehead atoms. The topological polar surface area (TPSA) is 81.4 Å². The second kappa shape index (κ2) is 8.10. The largest absolute Gasteiger partial charge is 0.377 e. The molecule has 0 amide bonds. The van der Waals surface area contributed by atoms with Crippen molar-refractivity contribution in [1.82, 2.24) is 4.72 Å². The van der Waals surface area contributed by atoms with Crippen LogP contribution in [0.4, 0.5) is 4.39 Å². The molecule has 1 aromatic carbocycles. The molecule has 7 heteroatoms. The lowest BCUT2D eigenvalue weighted by Crippen LogP contribution is -2.28. The summed E-state index contributed by atoms with van der Waals surface area (Å²) >= 11 is 0. The van der Waals surface area contributed by atoms with Crippen molar-refractivity contribution >= 4 is 10.0 Å². The average molecular weight is 314 g/mol. The minimum Gasteiger partial charge on any atom is -0.377 e. The highest BCUT2D eigenvalue weighted by molar-refractivity contribution is 7.89. The maximum absolute atomic E-state index is 13.2. The fraction of sp³-hybridized carbons (Fsp3) is 0.429. The van der Waals surface area contributed by atoms with Gasteiger partial charge in [-0.25, -0.2) is 17.5 Å². The summed E-state index contributed by atoms with van der Waals surface area (Å²) in [6, 6.07) is 3.33. The molecule has 0 spiro atoms. The van der Waals surface area contributed by atoms with Crippen molar-refractivity contribution < 1.29 is 17.5 Å². The van der Waals surface area contributed by atoms with Crippen LogP contribution in [0.3, 0.4) is 0 Å². The third-order valence-electron chi connectivity index (χ3n) is 2.40. The standard InChI is InChI=1S/C14H19FN2O3S/c1-11(2)20-9-8-17-21(18,19)14-6-5-13(15)10-12(14)4-3-7-16/h5-6,10-11,17H,7-9,16H2,1-2H3. The second-order valence-corrected chi connectivity index (χ2v) is 6.20. The summed E-state index contributed by atoms with van der Waals surface area (Å²) in [5.74, 6) is 4.53. The molecule has 5 nitrogen and oxygen atoms in total. The normalized spacial score (nSPS) is 11.3. The molecule has 0 aliphatic carbocycles. The first-order chi connectivity index (χ1) is 9.86. The van der Waals surface area contributed by atoms with Crippen LogP contribution in [0.1, 0.15) is 19.4 Å². The monoisotopic (exact) mass is 314 g/mol. The molecule has 0 heterocycles. The summed E-state index contributed by atoms with van der Waals surface area (Å²) in [7, 11) is -3.78. The van der Waals surface area contributed by atoms with E-state index in [2.05, 4.69) is 16.6 Å². The molecule has 0 saturated heterocycles. The number of halogens is 1. The Hall–Kier alpha value is -1.46. The van der Waals surface area contributed by atoms with Gasteiger partial charge in [-0.05, 0) is 32.0 Å². The van der Waals surface area contributed by atoms with Crippen LogP contribution in [0.15, 0.2) is 23.1 Å². The van der Waals surface area contributed by atoms with E-state index in [9.17, 15) is 12.8 Å². The van der Waals surface area contributed by atoms with Gasteiger partial charge in [-0.2, -0.15) is 0 Å². The first-order valence-corrected chi connectivity index (χ1v) is 7.95. The molecule has 1 rings (SSSR count). The lowest BCUT2D eigenvalue weighted by molar-refractivity contribution is 0.0834. The van der Waals surface area contributed by atoms with Crippen LogP contribution in [0.5, 0.6) is 0 Å². The molecular weight excluding hydrogens is 295 g/mol. The maximum Gasteiger partial charge on any atom is 0.241 e. The number of nitrogens with two attached hydrogens (primary N) is 1. The van der Waals surface area contributed by atoms with E-state index in [-0.39, 0.29) is 36.3 Å². The van der Waals surface area contributed by atoms with Crippen molar-refractivity contribution in [2.45, 2.75) is 24.8 Å². The van der Waals surface area contributed by atoms with Gasteiger partial charge in [0.05, 0.1) is 24.2 Å². The predicted octanol–water partition coefficient (Wildman–Crippen LogP) is 0.839. The van der Waals surface area contributed by atoms with Crippen LogP contribution < -0.4 is 10.5 Å². The summed E-state index contributed by atoms with van der Waals surface area (Å²) in [5, 5.41) is 0. The van der Waals surface area contributed by atoms with Gasteiger partial charge >= 0.3 is 0 Å². The minimum atomic E-state index is -3.78. The van der Waals surface area contributed by atoms with Gasteiger partial charge in [0.15, 0.2) is 0 Å². The molecular formula is C14H19FN2O3S. The molecule has 0 radical (unpaired) electrons. The fourth-order valence-corrected chi connectivity index (χ4v) is 2.68. The zero-order valence-electron chi connectivity index (χ0n) is 12.0. The Morgan fingerprint density at radius 2 is 2.14 bits per heavy atom. The highest BCUT2D eigenvalue weighted by atomic mass is 32.2. The highest BCUT2D eigenvalue weighted by Gasteiger charge is 2.18. The molecule has 0 atom stereocenters. The summed E-state index contributed by atoms with van der Waals surface area (Å²) in [4.78, 5) is -0.0746. The van der Waals surface area contributed by atoms with Crippen LogP contribution in [0, 0.1) is 17.7 Å². The van der Waals surface area contributed by atoms with E-state index < -0.39 is 15.8 Å². The number of hydrogen-bond acceptors (Lipinski definition) is 4. The van der Waals surface area contributed by atoms with Crippen molar-refractivity contribution in [2.75, 3.05) is 19.7 Å². The number of sulfonamides is 1. The summed E-state index contributed by atoms with van der Waals surface area (Å²) in [5.41, 5.74) is 5.33. The Kier molecular flexibility index (Phi) is 6.78. The molecule has 21 heavy (non-hydrogen) atoms. The minimum absolute atomic E-state index is 0.0197. The summed E-state index contributed by atoms with van der Waals surface area (Å²) < 4.78 is 45.2. The van der Waals surface area contributed by atoms with E-state index in [0.717, 1.165) is 12.1 Å². The van der Waals surface area contributed by atoms with Crippen molar-refractivity contribution in [3.05, 3.63) is 29.6 Å². The van der Waals surface area contributed by atoms with Crippen molar-refractivity contribution in [2.24, 2.45) is 5.73 Å². The average Bonchev–Trinajstić information content (AvgIpc) is 2.41. The van der Waals surface area contributed by atoms with E-state index in [1.807, 2.05) is 13.8 Å². The smallest absolute Gasteiger partial charge is 0.241 e. The second-order valence-electron chi connectivity index (χ2n) is 4.46. The van der Waals surface area contributed by atoms with Crippen molar-refractivity contribution in [1.29, 1.82) is 0 Å². The van der Waals surface area contributed by atoms with Gasteiger partial charge < -0.3 is 10.5 Å². The van der Waals surface area contributed by atoms with Crippen molar-refractivity contribution in [3.8, 4) is 11.8 Å². The Morgan fingerprint density at radius 1 is 1.43 bits per heavy atom. The van der Waals surface area contributed by atoms with Gasteiger partial charge in [0.2, 0.25) is 10.0 Å². The summed E-state index contributed by atoms with van der Waals surface area (Å²) in [6.07, 6.45) is 0.0197. The molecule has 0 fully saturated rings. The third kappa shape index (κ3) is 5.81. The number of benzene rings is 1. The fourth-order valence-electron chi connectivity index (χ4n) is 1.53. The zero-order chi connectivity index (χ0) is 15.9.